The Labute approximate surface area is 167 Å². The molecule has 0 aliphatic carbocycles. The van der Waals surface area contributed by atoms with Crippen molar-refractivity contribution in [2.75, 3.05) is 10.6 Å². The highest BCUT2D eigenvalue weighted by Crippen LogP contribution is 2.34. The summed E-state index contributed by atoms with van der Waals surface area (Å²) in [7, 11) is 0. The zero-order valence-corrected chi connectivity index (χ0v) is 16.2. The van der Waals surface area contributed by atoms with Gasteiger partial charge in [0.1, 0.15) is 0 Å². The molecule has 0 aliphatic rings. The Morgan fingerprint density at radius 2 is 1.74 bits per heavy atom. The van der Waals surface area contributed by atoms with E-state index in [4.69, 9.17) is 12.2 Å². The van der Waals surface area contributed by atoms with E-state index in [0.717, 1.165) is 16.1 Å². The topological polar surface area (TPSA) is 41.9 Å². The molecule has 1 aromatic heterocycles. The van der Waals surface area contributed by atoms with Crippen LogP contribution >= 0.6 is 28.1 Å². The molecule has 0 unspecified atom stereocenters. The molecule has 0 aliphatic heterocycles. The molecule has 0 amide bonds. The van der Waals surface area contributed by atoms with Gasteiger partial charge < -0.3 is 10.6 Å². The first-order valence-electron chi connectivity index (χ1n) is 7.83. The third-order valence-corrected chi connectivity index (χ3v) is 4.35. The fraction of sp³-hybridized carbons (Fsp3) is 0.111. The Morgan fingerprint density at radius 3 is 2.44 bits per heavy atom. The molecule has 0 saturated heterocycles. The number of alkyl halides is 3. The number of benzene rings is 2. The summed E-state index contributed by atoms with van der Waals surface area (Å²) in [4.78, 5) is 0. The summed E-state index contributed by atoms with van der Waals surface area (Å²) in [5.41, 5.74) is 0.166. The van der Waals surface area contributed by atoms with Crippen LogP contribution in [0.15, 0.2) is 65.3 Å². The number of rotatable bonds is 4. The number of halogens is 4. The Morgan fingerprint density at radius 1 is 1.04 bits per heavy atom. The van der Waals surface area contributed by atoms with Crippen LogP contribution in [0.2, 0.25) is 0 Å². The maximum absolute atomic E-state index is 13.0. The van der Waals surface area contributed by atoms with E-state index < -0.39 is 11.7 Å². The molecule has 0 fully saturated rings. The SMILES string of the molecule is FC(F)(F)c1ccccc1NC(=S)Nc1ccn(Cc2ccc(Br)cc2)n1. The number of hydrogen-bond donors (Lipinski definition) is 2. The van der Waals surface area contributed by atoms with Gasteiger partial charge in [-0.15, -0.1) is 0 Å². The molecule has 0 saturated carbocycles. The average Bonchev–Trinajstić information content (AvgIpc) is 3.03. The van der Waals surface area contributed by atoms with E-state index in [2.05, 4.69) is 31.7 Å². The van der Waals surface area contributed by atoms with Crippen LogP contribution < -0.4 is 10.6 Å². The molecule has 9 heteroatoms. The van der Waals surface area contributed by atoms with Gasteiger partial charge in [-0.25, -0.2) is 0 Å². The van der Waals surface area contributed by atoms with Crippen molar-refractivity contribution < 1.29 is 13.2 Å². The van der Waals surface area contributed by atoms with Crippen molar-refractivity contribution in [1.82, 2.24) is 9.78 Å². The minimum atomic E-state index is -4.47. The number of thiocarbonyl (C=S) groups is 1. The fourth-order valence-electron chi connectivity index (χ4n) is 2.40. The molecule has 140 valence electrons. The van der Waals surface area contributed by atoms with Crippen LogP contribution in [-0.4, -0.2) is 14.9 Å². The molecule has 27 heavy (non-hydrogen) atoms. The van der Waals surface area contributed by atoms with Crippen LogP contribution in [0.5, 0.6) is 0 Å². The van der Waals surface area contributed by atoms with Crippen molar-refractivity contribution in [2.45, 2.75) is 12.7 Å². The van der Waals surface area contributed by atoms with Crippen molar-refractivity contribution in [1.29, 1.82) is 0 Å². The second-order valence-electron chi connectivity index (χ2n) is 5.65. The number of aromatic nitrogens is 2. The molecule has 2 N–H and O–H groups in total. The Balaban J connectivity index is 1.64. The largest absolute Gasteiger partial charge is 0.418 e. The lowest BCUT2D eigenvalue weighted by Gasteiger charge is -2.15. The lowest BCUT2D eigenvalue weighted by Crippen LogP contribution is -2.22. The molecule has 4 nitrogen and oxygen atoms in total. The Kier molecular flexibility index (Phi) is 5.81. The Bertz CT molecular complexity index is 938. The summed E-state index contributed by atoms with van der Waals surface area (Å²) in [6.07, 6.45) is -2.71. The maximum Gasteiger partial charge on any atom is 0.418 e. The number of hydrogen-bond acceptors (Lipinski definition) is 2. The van der Waals surface area contributed by atoms with E-state index in [0.29, 0.717) is 12.4 Å². The van der Waals surface area contributed by atoms with Crippen LogP contribution in [0.4, 0.5) is 24.7 Å². The highest BCUT2D eigenvalue weighted by atomic mass is 79.9. The molecule has 3 aromatic rings. The molecular formula is C18H14BrF3N4S. The highest BCUT2D eigenvalue weighted by Gasteiger charge is 2.33. The van der Waals surface area contributed by atoms with E-state index in [9.17, 15) is 13.2 Å². The van der Waals surface area contributed by atoms with Crippen LogP contribution in [0.3, 0.4) is 0 Å². The quantitative estimate of drug-likeness (QED) is 0.509. The summed E-state index contributed by atoms with van der Waals surface area (Å²) < 4.78 is 41.8. The molecule has 0 atom stereocenters. The van der Waals surface area contributed by atoms with Crippen molar-refractivity contribution in [3.05, 3.63) is 76.4 Å². The summed E-state index contributed by atoms with van der Waals surface area (Å²) in [6.45, 7) is 0.562. The van der Waals surface area contributed by atoms with Gasteiger partial charge in [0.15, 0.2) is 10.9 Å². The lowest BCUT2D eigenvalue weighted by atomic mass is 10.2. The molecular weight excluding hydrogens is 441 g/mol. The van der Waals surface area contributed by atoms with E-state index in [1.54, 1.807) is 16.9 Å². The molecule has 1 heterocycles. The van der Waals surface area contributed by atoms with Crippen molar-refractivity contribution in [2.24, 2.45) is 0 Å². The predicted octanol–water partition coefficient (Wildman–Crippen LogP) is 5.52. The third-order valence-electron chi connectivity index (χ3n) is 3.62. The predicted molar refractivity (Wildman–Crippen MR) is 107 cm³/mol. The van der Waals surface area contributed by atoms with Crippen molar-refractivity contribution in [3.63, 3.8) is 0 Å². The lowest BCUT2D eigenvalue weighted by molar-refractivity contribution is -0.136. The second kappa shape index (κ2) is 8.10. The van der Waals surface area contributed by atoms with E-state index in [1.807, 2.05) is 24.3 Å². The van der Waals surface area contributed by atoms with Gasteiger partial charge in [0.05, 0.1) is 17.8 Å². The van der Waals surface area contributed by atoms with Crippen LogP contribution in [0.1, 0.15) is 11.1 Å². The summed E-state index contributed by atoms with van der Waals surface area (Å²) in [5, 5.41) is 9.73. The van der Waals surface area contributed by atoms with Crippen molar-refractivity contribution >= 4 is 44.8 Å². The fourth-order valence-corrected chi connectivity index (χ4v) is 2.88. The monoisotopic (exact) mass is 454 g/mol. The minimum absolute atomic E-state index is 0.0283. The smallest absolute Gasteiger partial charge is 0.332 e. The van der Waals surface area contributed by atoms with Gasteiger partial charge in [0, 0.05) is 16.7 Å². The molecule has 3 rings (SSSR count). The zero-order chi connectivity index (χ0) is 19.4. The molecule has 0 spiro atoms. The average molecular weight is 455 g/mol. The van der Waals surface area contributed by atoms with Gasteiger partial charge in [-0.05, 0) is 42.0 Å². The van der Waals surface area contributed by atoms with Crippen LogP contribution in [0, 0.1) is 0 Å². The third kappa shape index (κ3) is 5.30. The van der Waals surface area contributed by atoms with E-state index in [1.165, 1.54) is 18.2 Å². The number of anilines is 2. The summed E-state index contributed by atoms with van der Waals surface area (Å²) in [5.74, 6) is 0.439. The zero-order valence-electron chi connectivity index (χ0n) is 13.8. The van der Waals surface area contributed by atoms with Crippen LogP contribution in [-0.2, 0) is 12.7 Å². The van der Waals surface area contributed by atoms with Gasteiger partial charge in [0.25, 0.3) is 0 Å². The van der Waals surface area contributed by atoms with E-state index in [-0.39, 0.29) is 10.8 Å². The van der Waals surface area contributed by atoms with Crippen molar-refractivity contribution in [3.8, 4) is 0 Å². The van der Waals surface area contributed by atoms with Gasteiger partial charge in [-0.3, -0.25) is 4.68 Å². The van der Waals surface area contributed by atoms with Gasteiger partial charge >= 0.3 is 6.18 Å². The first-order valence-corrected chi connectivity index (χ1v) is 9.03. The molecule has 0 bridgehead atoms. The minimum Gasteiger partial charge on any atom is -0.332 e. The van der Waals surface area contributed by atoms with Gasteiger partial charge in [-0.2, -0.15) is 18.3 Å². The number of para-hydroxylation sites is 1. The molecule has 0 radical (unpaired) electrons. The second-order valence-corrected chi connectivity index (χ2v) is 6.97. The Hall–Kier alpha value is -2.39. The highest BCUT2D eigenvalue weighted by molar-refractivity contribution is 9.10. The molecule has 2 aromatic carbocycles. The van der Waals surface area contributed by atoms with Gasteiger partial charge in [-0.1, -0.05) is 40.2 Å². The van der Waals surface area contributed by atoms with Gasteiger partial charge in [0.2, 0.25) is 0 Å². The summed E-state index contributed by atoms with van der Waals surface area (Å²) in [6, 6.07) is 14.7. The first-order chi connectivity index (χ1) is 12.8. The normalized spacial score (nSPS) is 11.3. The number of nitrogens with zero attached hydrogens (tertiary/aromatic N) is 2. The number of nitrogens with one attached hydrogen (secondary N) is 2. The standard InChI is InChI=1S/C18H14BrF3N4S/c19-13-7-5-12(6-8-13)11-26-10-9-16(25-26)24-17(27)23-15-4-2-1-3-14(15)18(20,21)22/h1-10H,11H2,(H2,23,24,25,27). The summed E-state index contributed by atoms with van der Waals surface area (Å²) >= 11 is 8.49. The van der Waals surface area contributed by atoms with Crippen LogP contribution in [0.25, 0.3) is 0 Å². The van der Waals surface area contributed by atoms with E-state index >= 15 is 0 Å². The first kappa shape index (κ1) is 19.4. The maximum atomic E-state index is 13.0.